The maximum atomic E-state index is 12.9. The molecule has 3 rings (SSSR count). The van der Waals surface area contributed by atoms with Gasteiger partial charge in [-0.15, -0.1) is 11.8 Å². The van der Waals surface area contributed by atoms with Crippen molar-refractivity contribution in [2.75, 3.05) is 22.5 Å². The lowest BCUT2D eigenvalue weighted by atomic mass is 10.1. The van der Waals surface area contributed by atoms with Crippen LogP contribution in [0.3, 0.4) is 0 Å². The minimum atomic E-state index is -0.173. The molecule has 0 fully saturated rings. The van der Waals surface area contributed by atoms with Gasteiger partial charge in [-0.2, -0.15) is 0 Å². The van der Waals surface area contributed by atoms with E-state index in [2.05, 4.69) is 12.2 Å². The summed E-state index contributed by atoms with van der Waals surface area (Å²) in [7, 11) is 0. The lowest BCUT2D eigenvalue weighted by Crippen LogP contribution is -2.42. The smallest absolute Gasteiger partial charge is 0.259 e. The number of benzene rings is 2. The maximum absolute atomic E-state index is 12.9. The summed E-state index contributed by atoms with van der Waals surface area (Å²) in [6.45, 7) is 2.09. The van der Waals surface area contributed by atoms with Gasteiger partial charge in [0, 0.05) is 4.90 Å². The lowest BCUT2D eigenvalue weighted by Gasteiger charge is -2.29. The van der Waals surface area contributed by atoms with Crippen molar-refractivity contribution < 1.29 is 9.59 Å². The number of nitrogens with one attached hydrogen (secondary N) is 1. The minimum Gasteiger partial charge on any atom is -0.323 e. The zero-order valence-electron chi connectivity index (χ0n) is 12.2. The number of amides is 2. The highest BCUT2D eigenvalue weighted by atomic mass is 32.2. The van der Waals surface area contributed by atoms with Crippen molar-refractivity contribution in [1.82, 2.24) is 0 Å². The molecule has 0 saturated heterocycles. The molecule has 1 aliphatic heterocycles. The standard InChI is InChI=1S/C17H16N2O2S/c1-2-22-15-10-6-3-7-12(15)17(21)19-11-16(20)18-13-8-4-5-9-14(13)19/h3-10H,2,11H2,1H3,(H,18,20). The first-order valence-corrected chi connectivity index (χ1v) is 8.12. The fraction of sp³-hybridized carbons (Fsp3) is 0.176. The molecule has 0 bridgehead atoms. The van der Waals surface area contributed by atoms with Crippen LogP contribution in [0.2, 0.25) is 0 Å². The third kappa shape index (κ3) is 2.72. The molecule has 0 aromatic heterocycles. The Balaban J connectivity index is 2.01. The monoisotopic (exact) mass is 312 g/mol. The molecule has 1 aliphatic rings. The summed E-state index contributed by atoms with van der Waals surface area (Å²) in [5.41, 5.74) is 2.05. The van der Waals surface area contributed by atoms with Crippen molar-refractivity contribution >= 4 is 35.0 Å². The highest BCUT2D eigenvalue weighted by Gasteiger charge is 2.28. The molecule has 112 valence electrons. The minimum absolute atomic E-state index is 0.0426. The number of carbonyl (C=O) groups is 2. The molecule has 0 unspecified atom stereocenters. The molecule has 2 amide bonds. The number of nitrogens with zero attached hydrogens (tertiary/aromatic N) is 1. The van der Waals surface area contributed by atoms with E-state index < -0.39 is 0 Å². The maximum Gasteiger partial charge on any atom is 0.259 e. The van der Waals surface area contributed by atoms with Crippen molar-refractivity contribution in [3.05, 3.63) is 54.1 Å². The SMILES string of the molecule is CCSc1ccccc1C(=O)N1CC(=O)Nc2ccccc21. The summed E-state index contributed by atoms with van der Waals surface area (Å²) in [4.78, 5) is 27.3. The third-order valence-corrected chi connectivity index (χ3v) is 4.39. The fourth-order valence-electron chi connectivity index (χ4n) is 2.48. The quantitative estimate of drug-likeness (QED) is 0.884. The molecule has 5 heteroatoms. The van der Waals surface area contributed by atoms with Crippen LogP contribution in [0.1, 0.15) is 17.3 Å². The normalized spacial score (nSPS) is 13.5. The van der Waals surface area contributed by atoms with Gasteiger partial charge in [0.15, 0.2) is 0 Å². The van der Waals surface area contributed by atoms with Crippen LogP contribution < -0.4 is 10.2 Å². The van der Waals surface area contributed by atoms with Crippen molar-refractivity contribution in [2.45, 2.75) is 11.8 Å². The Kier molecular flexibility index (Phi) is 4.15. The van der Waals surface area contributed by atoms with Gasteiger partial charge in [0.25, 0.3) is 5.91 Å². The van der Waals surface area contributed by atoms with Crippen molar-refractivity contribution in [2.24, 2.45) is 0 Å². The highest BCUT2D eigenvalue weighted by molar-refractivity contribution is 7.99. The average Bonchev–Trinajstić information content (AvgIpc) is 2.54. The summed E-state index contributed by atoms with van der Waals surface area (Å²) >= 11 is 1.63. The first-order chi connectivity index (χ1) is 10.7. The van der Waals surface area contributed by atoms with E-state index in [-0.39, 0.29) is 18.4 Å². The summed E-state index contributed by atoms with van der Waals surface area (Å²) in [6.07, 6.45) is 0. The number of fused-ring (bicyclic) bond motifs is 1. The van der Waals surface area contributed by atoms with Gasteiger partial charge in [-0.1, -0.05) is 31.2 Å². The van der Waals surface area contributed by atoms with Crippen LogP contribution in [0.15, 0.2) is 53.4 Å². The molecule has 2 aromatic rings. The number of carbonyl (C=O) groups excluding carboxylic acids is 2. The van der Waals surface area contributed by atoms with Gasteiger partial charge in [-0.3, -0.25) is 14.5 Å². The number of rotatable bonds is 3. The Morgan fingerprint density at radius 1 is 1.18 bits per heavy atom. The van der Waals surface area contributed by atoms with Gasteiger partial charge in [0.1, 0.15) is 6.54 Å². The Hall–Kier alpha value is -2.27. The summed E-state index contributed by atoms with van der Waals surface area (Å²) in [5, 5.41) is 2.80. The predicted octanol–water partition coefficient (Wildman–Crippen LogP) is 3.40. The largest absolute Gasteiger partial charge is 0.323 e. The van der Waals surface area contributed by atoms with E-state index in [4.69, 9.17) is 0 Å². The number of hydrogen-bond acceptors (Lipinski definition) is 3. The summed E-state index contributed by atoms with van der Waals surface area (Å²) in [5.74, 6) is 0.577. The molecule has 1 N–H and O–H groups in total. The molecule has 0 atom stereocenters. The van der Waals surface area contributed by atoms with Gasteiger partial charge in [-0.25, -0.2) is 0 Å². The average molecular weight is 312 g/mol. The predicted molar refractivity (Wildman–Crippen MR) is 89.6 cm³/mol. The van der Waals surface area contributed by atoms with E-state index in [9.17, 15) is 9.59 Å². The summed E-state index contributed by atoms with van der Waals surface area (Å²) in [6, 6.07) is 14.9. The second-order valence-electron chi connectivity index (χ2n) is 4.89. The molecule has 0 saturated carbocycles. The molecule has 0 aliphatic carbocycles. The van der Waals surface area contributed by atoms with Crippen LogP contribution in [0, 0.1) is 0 Å². The van der Waals surface area contributed by atoms with Gasteiger partial charge < -0.3 is 5.32 Å². The van der Waals surface area contributed by atoms with Gasteiger partial charge in [0.2, 0.25) is 5.91 Å². The highest BCUT2D eigenvalue weighted by Crippen LogP contribution is 2.32. The first kappa shape index (κ1) is 14.7. The zero-order chi connectivity index (χ0) is 15.5. The van der Waals surface area contributed by atoms with Crippen molar-refractivity contribution in [1.29, 1.82) is 0 Å². The molecule has 22 heavy (non-hydrogen) atoms. The Bertz CT molecular complexity index is 730. The van der Waals surface area contributed by atoms with Crippen LogP contribution in [-0.4, -0.2) is 24.1 Å². The first-order valence-electron chi connectivity index (χ1n) is 7.13. The molecule has 4 nitrogen and oxygen atoms in total. The van der Waals surface area contributed by atoms with Crippen LogP contribution in [0.5, 0.6) is 0 Å². The second kappa shape index (κ2) is 6.23. The molecular weight excluding hydrogens is 296 g/mol. The van der Waals surface area contributed by atoms with Gasteiger partial charge in [-0.05, 0) is 30.0 Å². The van der Waals surface area contributed by atoms with Crippen molar-refractivity contribution in [3.8, 4) is 0 Å². The van der Waals surface area contributed by atoms with Crippen LogP contribution in [0.25, 0.3) is 0 Å². The zero-order valence-corrected chi connectivity index (χ0v) is 13.0. The lowest BCUT2D eigenvalue weighted by molar-refractivity contribution is -0.115. The summed E-state index contributed by atoms with van der Waals surface area (Å²) < 4.78 is 0. The van der Waals surface area contributed by atoms with Gasteiger partial charge >= 0.3 is 0 Å². The van der Waals surface area contributed by atoms with Crippen LogP contribution >= 0.6 is 11.8 Å². The van der Waals surface area contributed by atoms with Gasteiger partial charge in [0.05, 0.1) is 16.9 Å². The Morgan fingerprint density at radius 2 is 1.91 bits per heavy atom. The van der Waals surface area contributed by atoms with E-state index >= 15 is 0 Å². The van der Waals surface area contributed by atoms with E-state index in [0.29, 0.717) is 11.3 Å². The second-order valence-corrected chi connectivity index (χ2v) is 6.19. The number of thioether (sulfide) groups is 1. The number of hydrogen-bond donors (Lipinski definition) is 1. The van der Waals surface area contributed by atoms with E-state index in [1.165, 1.54) is 0 Å². The number of anilines is 2. The topological polar surface area (TPSA) is 49.4 Å². The molecule has 1 heterocycles. The Morgan fingerprint density at radius 3 is 2.73 bits per heavy atom. The van der Waals surface area contributed by atoms with E-state index in [1.807, 2.05) is 42.5 Å². The van der Waals surface area contributed by atoms with Crippen LogP contribution in [-0.2, 0) is 4.79 Å². The van der Waals surface area contributed by atoms with E-state index in [1.54, 1.807) is 22.7 Å². The fourth-order valence-corrected chi connectivity index (χ4v) is 3.28. The Labute approximate surface area is 133 Å². The molecule has 0 spiro atoms. The van der Waals surface area contributed by atoms with Crippen LogP contribution in [0.4, 0.5) is 11.4 Å². The molecule has 2 aromatic carbocycles. The molecular formula is C17H16N2O2S. The third-order valence-electron chi connectivity index (χ3n) is 3.43. The van der Waals surface area contributed by atoms with E-state index in [0.717, 1.165) is 16.3 Å². The number of para-hydroxylation sites is 2. The van der Waals surface area contributed by atoms with Crippen molar-refractivity contribution in [3.63, 3.8) is 0 Å². The molecule has 0 radical (unpaired) electrons.